The minimum atomic E-state index is 1.16. The van der Waals surface area contributed by atoms with Gasteiger partial charge in [-0.2, -0.15) is 0 Å². The maximum atomic E-state index is 6.70. The molecule has 0 amide bonds. The van der Waals surface area contributed by atoms with Crippen LogP contribution in [0.1, 0.15) is 32.6 Å². The Morgan fingerprint density at radius 1 is 1.09 bits per heavy atom. The average molecular weight is 148 g/mol. The normalized spacial score (nSPS) is 11.4. The molecule has 0 rings (SSSR count). The third-order valence-corrected chi connectivity index (χ3v) is 1.43. The van der Waals surface area contributed by atoms with Crippen LogP contribution in [0.2, 0.25) is 0 Å². The minimum absolute atomic E-state index is 1.16. The zero-order valence-corrected chi connectivity index (χ0v) is 7.22. The predicted molar refractivity (Wildman–Crippen MR) is 50.2 cm³/mol. The molecule has 0 aromatic heterocycles. The Kier molecular flexibility index (Phi) is 8.57. The van der Waals surface area contributed by atoms with Gasteiger partial charge in [0.2, 0.25) is 0 Å². The van der Waals surface area contributed by atoms with E-state index >= 15 is 0 Å². The third-order valence-electron chi connectivity index (χ3n) is 1.43. The SMILES string of the molecule is [C]=CC=CC=CCCCCC. The molecule has 60 valence electrons. The van der Waals surface area contributed by atoms with Gasteiger partial charge < -0.3 is 0 Å². The van der Waals surface area contributed by atoms with Gasteiger partial charge in [0.25, 0.3) is 0 Å². The largest absolute Gasteiger partial charge is 0.0845 e. The lowest BCUT2D eigenvalue weighted by Crippen LogP contribution is -1.69. The summed E-state index contributed by atoms with van der Waals surface area (Å²) < 4.78 is 0. The van der Waals surface area contributed by atoms with E-state index in [0.29, 0.717) is 0 Å². The third kappa shape index (κ3) is 9.22. The first-order chi connectivity index (χ1) is 5.41. The predicted octanol–water partition coefficient (Wildman–Crippen LogP) is 3.55. The summed E-state index contributed by atoms with van der Waals surface area (Å²) in [6.07, 6.45) is 14.1. The molecule has 0 saturated heterocycles. The topological polar surface area (TPSA) is 0 Å². The molecule has 0 aromatic carbocycles. The van der Waals surface area contributed by atoms with E-state index in [-0.39, 0.29) is 0 Å². The van der Waals surface area contributed by atoms with E-state index in [0.717, 1.165) is 6.42 Å². The number of rotatable bonds is 6. The van der Waals surface area contributed by atoms with Gasteiger partial charge >= 0.3 is 0 Å². The molecule has 0 atom stereocenters. The molecule has 0 aliphatic rings. The molecular weight excluding hydrogens is 132 g/mol. The molecule has 0 aliphatic carbocycles. The van der Waals surface area contributed by atoms with Gasteiger partial charge in [-0.3, -0.25) is 0 Å². The summed E-state index contributed by atoms with van der Waals surface area (Å²) in [5.74, 6) is 0. The average Bonchev–Trinajstić information content (AvgIpc) is 2.03. The Bertz CT molecular complexity index is 129. The van der Waals surface area contributed by atoms with Crippen LogP contribution < -0.4 is 0 Å². The Hall–Kier alpha value is -0.780. The second-order valence-corrected chi connectivity index (χ2v) is 2.48. The minimum Gasteiger partial charge on any atom is -0.0845 e. The van der Waals surface area contributed by atoms with Crippen molar-refractivity contribution in [2.24, 2.45) is 0 Å². The quantitative estimate of drug-likeness (QED) is 0.399. The van der Waals surface area contributed by atoms with Gasteiger partial charge in [-0.15, -0.1) is 0 Å². The highest BCUT2D eigenvalue weighted by Crippen LogP contribution is 1.99. The Morgan fingerprint density at radius 2 is 1.91 bits per heavy atom. The van der Waals surface area contributed by atoms with Crippen LogP contribution >= 0.6 is 0 Å². The lowest BCUT2D eigenvalue weighted by atomic mass is 10.2. The Labute approximate surface area is 70.3 Å². The van der Waals surface area contributed by atoms with Crippen LogP contribution in [0.3, 0.4) is 0 Å². The Balaban J connectivity index is 3.15. The first-order valence-corrected chi connectivity index (χ1v) is 4.24. The molecule has 11 heavy (non-hydrogen) atoms. The molecule has 0 heteroatoms. The van der Waals surface area contributed by atoms with Crippen LogP contribution in [0.5, 0.6) is 0 Å². The molecule has 0 aromatic rings. The molecule has 2 radical (unpaired) electrons. The Morgan fingerprint density at radius 3 is 2.55 bits per heavy atom. The zero-order chi connectivity index (χ0) is 8.36. The smallest absolute Gasteiger partial charge is 0.00990 e. The van der Waals surface area contributed by atoms with Crippen LogP contribution in [0.4, 0.5) is 0 Å². The van der Waals surface area contributed by atoms with Crippen LogP contribution in [0, 0.1) is 6.58 Å². The van der Waals surface area contributed by atoms with Gasteiger partial charge in [0.1, 0.15) is 0 Å². The van der Waals surface area contributed by atoms with Crippen molar-refractivity contribution in [1.29, 1.82) is 0 Å². The first kappa shape index (κ1) is 10.2. The van der Waals surface area contributed by atoms with Crippen molar-refractivity contribution < 1.29 is 0 Å². The summed E-state index contributed by atoms with van der Waals surface area (Å²) in [7, 11) is 0. The maximum absolute atomic E-state index is 6.70. The van der Waals surface area contributed by atoms with Crippen molar-refractivity contribution in [3.8, 4) is 0 Å². The van der Waals surface area contributed by atoms with Crippen LogP contribution in [-0.2, 0) is 0 Å². The van der Waals surface area contributed by atoms with E-state index in [1.165, 1.54) is 25.3 Å². The lowest BCUT2D eigenvalue weighted by molar-refractivity contribution is 0.729. The summed E-state index contributed by atoms with van der Waals surface area (Å²) in [5.41, 5.74) is 0. The summed E-state index contributed by atoms with van der Waals surface area (Å²) in [4.78, 5) is 0. The van der Waals surface area contributed by atoms with Crippen molar-refractivity contribution in [1.82, 2.24) is 0 Å². The zero-order valence-electron chi connectivity index (χ0n) is 7.22. The van der Waals surface area contributed by atoms with E-state index in [4.69, 9.17) is 6.58 Å². The van der Waals surface area contributed by atoms with Crippen molar-refractivity contribution >= 4 is 0 Å². The number of allylic oxidation sites excluding steroid dienone is 5. The second-order valence-electron chi connectivity index (χ2n) is 2.48. The molecule has 0 spiro atoms. The monoisotopic (exact) mass is 148 g/mol. The van der Waals surface area contributed by atoms with Crippen LogP contribution in [0.25, 0.3) is 0 Å². The van der Waals surface area contributed by atoms with Gasteiger partial charge in [0.15, 0.2) is 0 Å². The van der Waals surface area contributed by atoms with Crippen molar-refractivity contribution in [2.45, 2.75) is 32.6 Å². The molecule has 0 heterocycles. The van der Waals surface area contributed by atoms with Crippen LogP contribution in [0.15, 0.2) is 30.4 Å². The lowest BCUT2D eigenvalue weighted by Gasteiger charge is -1.89. The van der Waals surface area contributed by atoms with E-state index in [2.05, 4.69) is 13.0 Å². The summed E-state index contributed by atoms with van der Waals surface area (Å²) >= 11 is 0. The van der Waals surface area contributed by atoms with Gasteiger partial charge in [-0.25, -0.2) is 0 Å². The number of hydrogen-bond acceptors (Lipinski definition) is 0. The van der Waals surface area contributed by atoms with E-state index in [1.807, 2.05) is 12.2 Å². The van der Waals surface area contributed by atoms with E-state index in [1.54, 1.807) is 6.08 Å². The van der Waals surface area contributed by atoms with Crippen molar-refractivity contribution in [3.05, 3.63) is 37.0 Å². The molecule has 0 nitrogen and oxygen atoms in total. The van der Waals surface area contributed by atoms with Crippen molar-refractivity contribution in [2.75, 3.05) is 0 Å². The summed E-state index contributed by atoms with van der Waals surface area (Å²) in [6, 6.07) is 0. The fraction of sp³-hybridized carbons (Fsp3) is 0.455. The van der Waals surface area contributed by atoms with E-state index < -0.39 is 0 Å². The number of unbranched alkanes of at least 4 members (excludes halogenated alkanes) is 3. The van der Waals surface area contributed by atoms with Gasteiger partial charge in [0, 0.05) is 0 Å². The molecule has 0 fully saturated rings. The highest BCUT2D eigenvalue weighted by atomic mass is 13.9. The molecule has 0 aliphatic heterocycles. The fourth-order valence-electron chi connectivity index (χ4n) is 0.807. The highest BCUT2D eigenvalue weighted by Gasteiger charge is 1.79. The standard InChI is InChI=1S/C11H16/c1-3-5-7-9-11-10-8-6-4-2/h4,6,8,10-11H,3,5,7,9H2,1H3. The molecule has 0 N–H and O–H groups in total. The summed E-state index contributed by atoms with van der Waals surface area (Å²) in [6.45, 7) is 8.91. The highest BCUT2D eigenvalue weighted by molar-refractivity contribution is 5.07. The molecule has 0 bridgehead atoms. The van der Waals surface area contributed by atoms with E-state index in [9.17, 15) is 0 Å². The maximum Gasteiger partial charge on any atom is -0.00990 e. The second kappa shape index (κ2) is 9.22. The van der Waals surface area contributed by atoms with Gasteiger partial charge in [-0.05, 0) is 19.4 Å². The van der Waals surface area contributed by atoms with Gasteiger partial charge in [-0.1, -0.05) is 50.1 Å². The number of hydrogen-bond donors (Lipinski definition) is 0. The molecular formula is C11H16. The fourth-order valence-corrected chi connectivity index (χ4v) is 0.807. The first-order valence-electron chi connectivity index (χ1n) is 4.24. The summed E-state index contributed by atoms with van der Waals surface area (Å²) in [5, 5.41) is 0. The van der Waals surface area contributed by atoms with Gasteiger partial charge in [0.05, 0.1) is 0 Å². The van der Waals surface area contributed by atoms with Crippen LogP contribution in [-0.4, -0.2) is 0 Å². The van der Waals surface area contributed by atoms with Crippen molar-refractivity contribution in [3.63, 3.8) is 0 Å². The molecule has 0 saturated carbocycles. The molecule has 0 unspecified atom stereocenters.